The molecule has 7 nitrogen and oxygen atoms in total. The van der Waals surface area contributed by atoms with E-state index < -0.39 is 0 Å². The highest BCUT2D eigenvalue weighted by Gasteiger charge is 2.36. The Kier molecular flexibility index (Phi) is 4.69. The molecule has 0 saturated heterocycles. The van der Waals surface area contributed by atoms with Crippen LogP contribution in [0.5, 0.6) is 0 Å². The van der Waals surface area contributed by atoms with E-state index in [0.717, 1.165) is 43.0 Å². The van der Waals surface area contributed by atoms with Crippen molar-refractivity contribution in [3.8, 4) is 0 Å². The van der Waals surface area contributed by atoms with Gasteiger partial charge in [-0.1, -0.05) is 6.92 Å². The van der Waals surface area contributed by atoms with Gasteiger partial charge in [0.2, 0.25) is 5.91 Å². The fourth-order valence-corrected chi connectivity index (χ4v) is 3.34. The number of nitrogens with zero attached hydrogens (tertiary/aromatic N) is 5. The van der Waals surface area contributed by atoms with Crippen molar-refractivity contribution in [3.05, 3.63) is 29.1 Å². The van der Waals surface area contributed by atoms with Gasteiger partial charge in [0, 0.05) is 12.2 Å². The van der Waals surface area contributed by atoms with Gasteiger partial charge in [0.1, 0.15) is 18.7 Å². The van der Waals surface area contributed by atoms with Gasteiger partial charge >= 0.3 is 0 Å². The molecule has 0 bridgehead atoms. The van der Waals surface area contributed by atoms with E-state index in [4.69, 9.17) is 0 Å². The summed E-state index contributed by atoms with van der Waals surface area (Å²) in [5.41, 5.74) is 3.31. The molecule has 0 unspecified atom stereocenters. The molecule has 130 valence electrons. The van der Waals surface area contributed by atoms with Crippen LogP contribution < -0.4 is 5.32 Å². The number of hydrogen-bond acceptors (Lipinski definition) is 4. The molecule has 1 aliphatic rings. The Morgan fingerprint density at radius 2 is 2.08 bits per heavy atom. The lowest BCUT2D eigenvalue weighted by atomic mass is 10.1. The summed E-state index contributed by atoms with van der Waals surface area (Å²) in [6, 6.07) is -0.0532. The maximum Gasteiger partial charge on any atom is 0.242 e. The number of hydrogen-bond donors (Lipinski definition) is 1. The number of amides is 1. The van der Waals surface area contributed by atoms with E-state index in [9.17, 15) is 4.79 Å². The third-order valence-corrected chi connectivity index (χ3v) is 4.81. The van der Waals surface area contributed by atoms with Crippen LogP contribution in [0.2, 0.25) is 0 Å². The first kappa shape index (κ1) is 16.7. The van der Waals surface area contributed by atoms with Gasteiger partial charge < -0.3 is 5.32 Å². The van der Waals surface area contributed by atoms with Crippen molar-refractivity contribution in [3.63, 3.8) is 0 Å². The largest absolute Gasteiger partial charge is 0.344 e. The van der Waals surface area contributed by atoms with Gasteiger partial charge in [-0.15, -0.1) is 0 Å². The Morgan fingerprint density at radius 1 is 1.33 bits per heavy atom. The monoisotopic (exact) mass is 330 g/mol. The second kappa shape index (κ2) is 6.75. The Hall–Kier alpha value is -2.18. The molecule has 1 saturated carbocycles. The third-order valence-electron chi connectivity index (χ3n) is 4.81. The van der Waals surface area contributed by atoms with Crippen LogP contribution in [0.25, 0.3) is 0 Å². The lowest BCUT2D eigenvalue weighted by molar-refractivity contribution is -0.122. The maximum absolute atomic E-state index is 12.6. The summed E-state index contributed by atoms with van der Waals surface area (Å²) in [4.78, 5) is 17.0. The minimum atomic E-state index is -0.0532. The zero-order valence-corrected chi connectivity index (χ0v) is 14.9. The molecule has 1 atom stereocenters. The molecule has 1 aliphatic carbocycles. The number of nitrogens with one attached hydrogen (secondary N) is 1. The van der Waals surface area contributed by atoms with Crippen LogP contribution in [0, 0.1) is 19.8 Å². The first-order valence-electron chi connectivity index (χ1n) is 8.75. The lowest BCUT2D eigenvalue weighted by Gasteiger charge is -2.18. The fourth-order valence-electron chi connectivity index (χ4n) is 3.34. The standard InChI is InChI=1S/C17H26N6O/c1-5-14-11(3)21-23(12(14)4)9-15(24)20-16(13-7-8-13)17-18-10-19-22(17)6-2/h10,13,16H,5-9H2,1-4H3,(H,20,24)/t16-/m0/s1. The fraction of sp³-hybridized carbons (Fsp3) is 0.647. The van der Waals surface area contributed by atoms with Gasteiger partial charge in [0.15, 0.2) is 0 Å². The molecule has 1 N–H and O–H groups in total. The Labute approximate surface area is 142 Å². The number of aromatic nitrogens is 5. The van der Waals surface area contributed by atoms with Crippen molar-refractivity contribution in [2.24, 2.45) is 5.92 Å². The van der Waals surface area contributed by atoms with Crippen molar-refractivity contribution in [2.75, 3.05) is 0 Å². The van der Waals surface area contributed by atoms with Crippen molar-refractivity contribution in [2.45, 2.75) is 66.1 Å². The normalized spacial score (nSPS) is 15.5. The van der Waals surface area contributed by atoms with Crippen LogP contribution in [-0.4, -0.2) is 30.5 Å². The molecule has 1 fully saturated rings. The van der Waals surface area contributed by atoms with Crippen molar-refractivity contribution >= 4 is 5.91 Å². The maximum atomic E-state index is 12.6. The number of rotatable bonds is 7. The topological polar surface area (TPSA) is 77.6 Å². The van der Waals surface area contributed by atoms with Crippen LogP contribution in [0.3, 0.4) is 0 Å². The summed E-state index contributed by atoms with van der Waals surface area (Å²) >= 11 is 0. The van der Waals surface area contributed by atoms with E-state index in [1.54, 1.807) is 11.0 Å². The molecular weight excluding hydrogens is 304 g/mol. The van der Waals surface area contributed by atoms with Crippen LogP contribution in [0.1, 0.15) is 55.5 Å². The van der Waals surface area contributed by atoms with Crippen molar-refractivity contribution in [1.29, 1.82) is 0 Å². The Balaban J connectivity index is 1.73. The molecule has 2 heterocycles. The highest BCUT2D eigenvalue weighted by atomic mass is 16.2. The molecule has 24 heavy (non-hydrogen) atoms. The van der Waals surface area contributed by atoms with Crippen LogP contribution >= 0.6 is 0 Å². The van der Waals surface area contributed by atoms with Gasteiger partial charge in [-0.05, 0) is 51.5 Å². The highest BCUT2D eigenvalue weighted by Crippen LogP contribution is 2.40. The molecule has 7 heteroatoms. The van der Waals surface area contributed by atoms with Crippen LogP contribution in [-0.2, 0) is 24.3 Å². The smallest absolute Gasteiger partial charge is 0.242 e. The van der Waals surface area contributed by atoms with Gasteiger partial charge in [0.05, 0.1) is 11.7 Å². The number of aryl methyl sites for hydroxylation is 2. The molecule has 0 radical (unpaired) electrons. The van der Waals surface area contributed by atoms with Crippen LogP contribution in [0.4, 0.5) is 0 Å². The minimum Gasteiger partial charge on any atom is -0.344 e. The number of carbonyl (C=O) groups is 1. The van der Waals surface area contributed by atoms with E-state index in [2.05, 4.69) is 27.4 Å². The van der Waals surface area contributed by atoms with E-state index >= 15 is 0 Å². The second-order valence-electron chi connectivity index (χ2n) is 6.48. The summed E-state index contributed by atoms with van der Waals surface area (Å²) in [7, 11) is 0. The quantitative estimate of drug-likeness (QED) is 0.841. The molecule has 0 aliphatic heterocycles. The molecule has 2 aromatic rings. The lowest BCUT2D eigenvalue weighted by Crippen LogP contribution is -2.34. The van der Waals surface area contributed by atoms with E-state index in [1.807, 2.05) is 25.5 Å². The predicted octanol–water partition coefficient (Wildman–Crippen LogP) is 1.94. The summed E-state index contributed by atoms with van der Waals surface area (Å²) in [6.07, 6.45) is 4.75. The van der Waals surface area contributed by atoms with Gasteiger partial charge in [-0.2, -0.15) is 10.2 Å². The summed E-state index contributed by atoms with van der Waals surface area (Å²) in [6.45, 7) is 9.17. The first-order valence-corrected chi connectivity index (χ1v) is 8.75. The average Bonchev–Trinajstić information content (AvgIpc) is 3.22. The van der Waals surface area contributed by atoms with E-state index in [0.29, 0.717) is 5.92 Å². The summed E-state index contributed by atoms with van der Waals surface area (Å²) < 4.78 is 3.67. The van der Waals surface area contributed by atoms with Crippen molar-refractivity contribution in [1.82, 2.24) is 29.9 Å². The van der Waals surface area contributed by atoms with Crippen LogP contribution in [0.15, 0.2) is 6.33 Å². The molecular formula is C17H26N6O. The van der Waals surface area contributed by atoms with E-state index in [-0.39, 0.29) is 18.5 Å². The van der Waals surface area contributed by atoms with Crippen molar-refractivity contribution < 1.29 is 4.79 Å². The number of carbonyl (C=O) groups excluding carboxylic acids is 1. The summed E-state index contributed by atoms with van der Waals surface area (Å²) in [5, 5.41) is 11.9. The van der Waals surface area contributed by atoms with E-state index in [1.165, 1.54) is 5.56 Å². The van der Waals surface area contributed by atoms with Gasteiger partial charge in [-0.3, -0.25) is 9.48 Å². The highest BCUT2D eigenvalue weighted by molar-refractivity contribution is 5.76. The SMILES string of the molecule is CCc1c(C)nn(CC(=O)N[C@H](c2ncnn2CC)C2CC2)c1C. The second-order valence-corrected chi connectivity index (χ2v) is 6.48. The molecule has 0 aromatic carbocycles. The minimum absolute atomic E-state index is 0.0224. The molecule has 0 spiro atoms. The Morgan fingerprint density at radius 3 is 2.67 bits per heavy atom. The predicted molar refractivity (Wildman–Crippen MR) is 90.4 cm³/mol. The summed E-state index contributed by atoms with van der Waals surface area (Å²) in [5.74, 6) is 1.30. The zero-order chi connectivity index (χ0) is 17.3. The first-order chi connectivity index (χ1) is 11.5. The Bertz CT molecular complexity index is 728. The third kappa shape index (κ3) is 3.20. The molecule has 1 amide bonds. The van der Waals surface area contributed by atoms with Gasteiger partial charge in [0.25, 0.3) is 0 Å². The zero-order valence-electron chi connectivity index (χ0n) is 14.9. The molecule has 2 aromatic heterocycles. The average molecular weight is 330 g/mol. The van der Waals surface area contributed by atoms with Gasteiger partial charge in [-0.25, -0.2) is 9.67 Å². The molecule has 3 rings (SSSR count).